The lowest BCUT2D eigenvalue weighted by atomic mass is 10.3. The van der Waals surface area contributed by atoms with Crippen LogP contribution in [0.1, 0.15) is 17.7 Å². The third-order valence-corrected chi connectivity index (χ3v) is 4.66. The van der Waals surface area contributed by atoms with Gasteiger partial charge in [-0.05, 0) is 37.8 Å². The molecule has 3 rings (SSSR count). The number of amides is 2. The molecule has 6 nitrogen and oxygen atoms in total. The number of ether oxygens (including phenoxy) is 1. The number of benzene rings is 1. The van der Waals surface area contributed by atoms with E-state index >= 15 is 0 Å². The molecule has 1 heterocycles. The van der Waals surface area contributed by atoms with Crippen molar-refractivity contribution in [3.05, 3.63) is 41.4 Å². The Morgan fingerprint density at radius 1 is 1.32 bits per heavy atom. The molecule has 7 heteroatoms. The summed E-state index contributed by atoms with van der Waals surface area (Å²) >= 11 is 1.41. The fourth-order valence-corrected chi connectivity index (χ4v) is 3.05. The molecule has 2 amide bonds. The minimum Gasteiger partial charge on any atom is -0.484 e. The zero-order valence-corrected chi connectivity index (χ0v) is 14.9. The first kappa shape index (κ1) is 17.4. The Morgan fingerprint density at radius 3 is 2.72 bits per heavy atom. The Hall–Kier alpha value is -2.41. The number of anilines is 1. The molecule has 0 spiro atoms. The first-order chi connectivity index (χ1) is 12.1. The molecule has 1 saturated carbocycles. The standard InChI is InChI=1S/C18H21N3O3S/c1-13-9-19-18(25-13)20-16(22)11-21(10-14-7-8-14)17(23)12-24-15-5-3-2-4-6-15/h2-6,9,14H,7-8,10-12H2,1H3,(H,19,20,22). The number of nitrogens with one attached hydrogen (secondary N) is 1. The van der Waals surface area contributed by atoms with Crippen molar-refractivity contribution >= 4 is 28.3 Å². The molecule has 0 saturated heterocycles. The molecule has 25 heavy (non-hydrogen) atoms. The highest BCUT2D eigenvalue weighted by atomic mass is 32.1. The van der Waals surface area contributed by atoms with Gasteiger partial charge < -0.3 is 15.0 Å². The smallest absolute Gasteiger partial charge is 0.260 e. The summed E-state index contributed by atoms with van der Waals surface area (Å²) in [6.45, 7) is 2.48. The second-order valence-electron chi connectivity index (χ2n) is 6.14. The van der Waals surface area contributed by atoms with Gasteiger partial charge in [-0.3, -0.25) is 9.59 Å². The largest absolute Gasteiger partial charge is 0.484 e. The van der Waals surface area contributed by atoms with E-state index in [9.17, 15) is 9.59 Å². The molecule has 2 aromatic rings. The number of hydrogen-bond donors (Lipinski definition) is 1. The minimum absolute atomic E-state index is 0.0200. The summed E-state index contributed by atoms with van der Waals surface area (Å²) in [5.74, 6) is 0.727. The second kappa shape index (κ2) is 8.11. The van der Waals surface area contributed by atoms with Crippen LogP contribution in [-0.4, -0.2) is 41.4 Å². The van der Waals surface area contributed by atoms with Gasteiger partial charge in [-0.25, -0.2) is 4.98 Å². The molecular formula is C18H21N3O3S. The van der Waals surface area contributed by atoms with Gasteiger partial charge in [0.05, 0.1) is 0 Å². The van der Waals surface area contributed by atoms with E-state index in [1.54, 1.807) is 23.2 Å². The molecule has 1 aromatic heterocycles. The third-order valence-electron chi connectivity index (χ3n) is 3.84. The van der Waals surface area contributed by atoms with Gasteiger partial charge in [0.1, 0.15) is 12.3 Å². The van der Waals surface area contributed by atoms with Crippen molar-refractivity contribution in [2.45, 2.75) is 19.8 Å². The molecule has 1 fully saturated rings. The van der Waals surface area contributed by atoms with Gasteiger partial charge >= 0.3 is 0 Å². The molecule has 1 aliphatic carbocycles. The summed E-state index contributed by atoms with van der Waals surface area (Å²) in [4.78, 5) is 31.4. The Kier molecular flexibility index (Phi) is 5.65. The lowest BCUT2D eigenvalue weighted by Crippen LogP contribution is -2.41. The Bertz CT molecular complexity index is 728. The average molecular weight is 359 g/mol. The number of para-hydroxylation sites is 1. The van der Waals surface area contributed by atoms with E-state index in [-0.39, 0.29) is 25.0 Å². The molecule has 1 aromatic carbocycles. The Labute approximate surface area is 150 Å². The van der Waals surface area contributed by atoms with Crippen LogP contribution in [0.2, 0.25) is 0 Å². The fraction of sp³-hybridized carbons (Fsp3) is 0.389. The highest BCUT2D eigenvalue weighted by Crippen LogP contribution is 2.29. The van der Waals surface area contributed by atoms with Gasteiger partial charge in [-0.15, -0.1) is 11.3 Å². The third kappa shape index (κ3) is 5.56. The predicted octanol–water partition coefficient (Wildman–Crippen LogP) is 2.71. The maximum Gasteiger partial charge on any atom is 0.260 e. The Balaban J connectivity index is 1.54. The van der Waals surface area contributed by atoms with Crippen molar-refractivity contribution in [3.63, 3.8) is 0 Å². The van der Waals surface area contributed by atoms with Crippen molar-refractivity contribution < 1.29 is 14.3 Å². The van der Waals surface area contributed by atoms with Crippen LogP contribution in [0, 0.1) is 12.8 Å². The summed E-state index contributed by atoms with van der Waals surface area (Å²) in [7, 11) is 0. The lowest BCUT2D eigenvalue weighted by molar-refractivity contribution is -0.136. The highest BCUT2D eigenvalue weighted by molar-refractivity contribution is 7.15. The number of rotatable bonds is 8. The van der Waals surface area contributed by atoms with E-state index in [0.717, 1.165) is 17.7 Å². The van der Waals surface area contributed by atoms with Crippen LogP contribution in [0.5, 0.6) is 5.75 Å². The van der Waals surface area contributed by atoms with Crippen molar-refractivity contribution in [2.24, 2.45) is 5.92 Å². The van der Waals surface area contributed by atoms with Gasteiger partial charge in [0.2, 0.25) is 5.91 Å². The number of aromatic nitrogens is 1. The quantitative estimate of drug-likeness (QED) is 0.787. The van der Waals surface area contributed by atoms with E-state index in [1.165, 1.54) is 11.3 Å². The molecule has 1 aliphatic rings. The zero-order valence-electron chi connectivity index (χ0n) is 14.1. The molecule has 0 aliphatic heterocycles. The molecule has 0 bridgehead atoms. The normalized spacial score (nSPS) is 13.3. The summed E-state index contributed by atoms with van der Waals surface area (Å²) in [6.07, 6.45) is 3.92. The number of thiazole rings is 1. The molecule has 1 N–H and O–H groups in total. The van der Waals surface area contributed by atoms with Crippen LogP contribution in [0.15, 0.2) is 36.5 Å². The maximum atomic E-state index is 12.5. The van der Waals surface area contributed by atoms with E-state index in [2.05, 4.69) is 10.3 Å². The molecule has 0 radical (unpaired) electrons. The molecule has 0 atom stereocenters. The summed E-state index contributed by atoms with van der Waals surface area (Å²) in [5, 5.41) is 3.31. The van der Waals surface area contributed by atoms with Crippen LogP contribution < -0.4 is 10.1 Å². The van der Waals surface area contributed by atoms with E-state index in [4.69, 9.17) is 4.74 Å². The van der Waals surface area contributed by atoms with Crippen molar-refractivity contribution in [2.75, 3.05) is 25.0 Å². The van der Waals surface area contributed by atoms with E-state index in [0.29, 0.717) is 23.3 Å². The number of carbonyl (C=O) groups excluding carboxylic acids is 2. The maximum absolute atomic E-state index is 12.5. The monoisotopic (exact) mass is 359 g/mol. The average Bonchev–Trinajstić information content (AvgIpc) is 3.33. The predicted molar refractivity (Wildman–Crippen MR) is 96.7 cm³/mol. The number of aryl methyl sites for hydroxylation is 1. The molecular weight excluding hydrogens is 338 g/mol. The van der Waals surface area contributed by atoms with Gasteiger partial charge in [-0.2, -0.15) is 0 Å². The second-order valence-corrected chi connectivity index (χ2v) is 7.38. The topological polar surface area (TPSA) is 71.5 Å². The first-order valence-electron chi connectivity index (χ1n) is 8.28. The van der Waals surface area contributed by atoms with E-state index in [1.807, 2.05) is 25.1 Å². The van der Waals surface area contributed by atoms with Gasteiger partial charge in [0, 0.05) is 17.6 Å². The molecule has 132 valence electrons. The van der Waals surface area contributed by atoms with Gasteiger partial charge in [-0.1, -0.05) is 18.2 Å². The Morgan fingerprint density at radius 2 is 2.08 bits per heavy atom. The zero-order chi connectivity index (χ0) is 17.6. The fourth-order valence-electron chi connectivity index (χ4n) is 2.36. The highest BCUT2D eigenvalue weighted by Gasteiger charge is 2.28. The number of hydrogen-bond acceptors (Lipinski definition) is 5. The summed E-state index contributed by atoms with van der Waals surface area (Å²) < 4.78 is 5.52. The summed E-state index contributed by atoms with van der Waals surface area (Å²) in [5.41, 5.74) is 0. The van der Waals surface area contributed by atoms with Crippen LogP contribution in [0.4, 0.5) is 5.13 Å². The van der Waals surface area contributed by atoms with Crippen molar-refractivity contribution in [1.82, 2.24) is 9.88 Å². The van der Waals surface area contributed by atoms with Gasteiger partial charge in [0.15, 0.2) is 11.7 Å². The van der Waals surface area contributed by atoms with Crippen molar-refractivity contribution in [3.8, 4) is 5.75 Å². The molecule has 0 unspecified atom stereocenters. The van der Waals surface area contributed by atoms with Crippen molar-refractivity contribution in [1.29, 1.82) is 0 Å². The van der Waals surface area contributed by atoms with E-state index < -0.39 is 0 Å². The van der Waals surface area contributed by atoms with Gasteiger partial charge in [0.25, 0.3) is 5.91 Å². The minimum atomic E-state index is -0.233. The van der Waals surface area contributed by atoms with Crippen LogP contribution >= 0.6 is 11.3 Å². The van der Waals surface area contributed by atoms with Crippen LogP contribution in [-0.2, 0) is 9.59 Å². The number of carbonyl (C=O) groups is 2. The first-order valence-corrected chi connectivity index (χ1v) is 9.09. The number of nitrogens with zero attached hydrogens (tertiary/aromatic N) is 2. The lowest BCUT2D eigenvalue weighted by Gasteiger charge is -2.22. The summed E-state index contributed by atoms with van der Waals surface area (Å²) in [6, 6.07) is 9.20. The van der Waals surface area contributed by atoms with Crippen LogP contribution in [0.3, 0.4) is 0 Å². The SMILES string of the molecule is Cc1cnc(NC(=O)CN(CC2CC2)C(=O)COc2ccccc2)s1. The van der Waals surface area contributed by atoms with Crippen LogP contribution in [0.25, 0.3) is 0 Å².